The van der Waals surface area contributed by atoms with Gasteiger partial charge in [0.2, 0.25) is 0 Å². The number of allylic oxidation sites excluding steroid dienone is 1. The van der Waals surface area contributed by atoms with Crippen molar-refractivity contribution < 1.29 is 18.8 Å². The summed E-state index contributed by atoms with van der Waals surface area (Å²) < 4.78 is 13.5. The highest BCUT2D eigenvalue weighted by atomic mass is 19.1. The van der Waals surface area contributed by atoms with Crippen molar-refractivity contribution in [1.29, 1.82) is 0 Å². The molecule has 0 spiro atoms. The highest BCUT2D eigenvalue weighted by Crippen LogP contribution is 2.19. The predicted octanol–water partition coefficient (Wildman–Crippen LogP) is 6.22. The fourth-order valence-corrected chi connectivity index (χ4v) is 2.34. The molecule has 1 aromatic rings. The van der Waals surface area contributed by atoms with E-state index in [9.17, 15) is 18.8 Å². The lowest BCUT2D eigenvalue weighted by molar-refractivity contribution is -0.119. The highest BCUT2D eigenvalue weighted by molar-refractivity contribution is 6.08. The minimum Gasteiger partial charge on any atom is -0.300 e. The van der Waals surface area contributed by atoms with E-state index >= 15 is 0 Å². The molecule has 0 saturated carbocycles. The number of hydrogen-bond donors (Lipinski definition) is 0. The van der Waals surface area contributed by atoms with Crippen molar-refractivity contribution in [3.05, 3.63) is 47.3 Å². The molecule has 1 aromatic carbocycles. The molecule has 1 rings (SSSR count). The van der Waals surface area contributed by atoms with Crippen LogP contribution in [-0.2, 0) is 4.79 Å². The molecule has 0 aromatic heterocycles. The fraction of sp³-hybridized carbons (Fsp3) is 0.522. The van der Waals surface area contributed by atoms with Gasteiger partial charge >= 0.3 is 0 Å². The number of Topliss-reactive ketones (excluding diaryl/α,β-unsaturated/α-hetero) is 3. The first-order valence-corrected chi connectivity index (χ1v) is 9.57. The number of benzene rings is 1. The molecule has 0 bridgehead atoms. The SMILES string of the molecule is C=C(C)C(C)CCC(=O)CC.CCC(C)C(=O)c1cccc(F)c1C(C)=O. The molecule has 0 radical (unpaired) electrons. The van der Waals surface area contributed by atoms with Gasteiger partial charge < -0.3 is 0 Å². The number of hydrogen-bond acceptors (Lipinski definition) is 3. The third-order valence-electron chi connectivity index (χ3n) is 4.78. The van der Waals surface area contributed by atoms with Crippen LogP contribution in [0.25, 0.3) is 0 Å². The molecule has 0 fully saturated rings. The average molecular weight is 377 g/mol. The Balaban J connectivity index is 0.000000541. The Morgan fingerprint density at radius 1 is 1.07 bits per heavy atom. The molecule has 0 N–H and O–H groups in total. The second-order valence-electron chi connectivity index (χ2n) is 7.07. The van der Waals surface area contributed by atoms with Crippen molar-refractivity contribution in [2.75, 3.05) is 0 Å². The van der Waals surface area contributed by atoms with Crippen LogP contribution in [0.15, 0.2) is 30.4 Å². The van der Waals surface area contributed by atoms with Crippen LogP contribution in [0.3, 0.4) is 0 Å². The first-order chi connectivity index (χ1) is 12.6. The van der Waals surface area contributed by atoms with Gasteiger partial charge in [0.1, 0.15) is 11.6 Å². The van der Waals surface area contributed by atoms with Crippen LogP contribution in [0.5, 0.6) is 0 Å². The third-order valence-corrected chi connectivity index (χ3v) is 4.78. The lowest BCUT2D eigenvalue weighted by Crippen LogP contribution is -2.15. The van der Waals surface area contributed by atoms with E-state index in [4.69, 9.17) is 0 Å². The van der Waals surface area contributed by atoms with Crippen molar-refractivity contribution in [1.82, 2.24) is 0 Å². The molecule has 4 heteroatoms. The monoisotopic (exact) mass is 376 g/mol. The zero-order chi connectivity index (χ0) is 21.1. The molecule has 3 nitrogen and oxygen atoms in total. The summed E-state index contributed by atoms with van der Waals surface area (Å²) in [7, 11) is 0. The van der Waals surface area contributed by atoms with Crippen molar-refractivity contribution in [2.45, 2.75) is 67.2 Å². The lowest BCUT2D eigenvalue weighted by Gasteiger charge is -2.11. The average Bonchev–Trinajstić information content (AvgIpc) is 2.64. The second-order valence-corrected chi connectivity index (χ2v) is 7.07. The molecule has 0 aliphatic rings. The van der Waals surface area contributed by atoms with Crippen molar-refractivity contribution >= 4 is 17.3 Å². The summed E-state index contributed by atoms with van der Waals surface area (Å²) in [5.74, 6) is -0.554. The third kappa shape index (κ3) is 8.42. The molecule has 27 heavy (non-hydrogen) atoms. The standard InChI is InChI=1S/C13H15FO2.C10H18O/c1-4-8(2)13(16)10-6-5-7-11(14)12(10)9(3)15;1-5-10(11)7-6-9(4)8(2)3/h5-8H,4H2,1-3H3;9H,2,5-7H2,1,3-4H3. The van der Waals surface area contributed by atoms with Gasteiger partial charge in [0.25, 0.3) is 0 Å². The molecule has 0 aliphatic heterocycles. The number of ketones is 3. The summed E-state index contributed by atoms with van der Waals surface area (Å²) >= 11 is 0. The Bertz CT molecular complexity index is 676. The quantitative estimate of drug-likeness (QED) is 0.380. The van der Waals surface area contributed by atoms with Crippen molar-refractivity contribution in [3.63, 3.8) is 0 Å². The van der Waals surface area contributed by atoms with Crippen LogP contribution in [-0.4, -0.2) is 17.3 Å². The molecule has 0 amide bonds. The topological polar surface area (TPSA) is 51.2 Å². The normalized spacial score (nSPS) is 12.4. The van der Waals surface area contributed by atoms with E-state index in [1.165, 1.54) is 30.7 Å². The summed E-state index contributed by atoms with van der Waals surface area (Å²) in [6.45, 7) is 14.8. The minimum absolute atomic E-state index is 0.0900. The predicted molar refractivity (Wildman–Crippen MR) is 109 cm³/mol. The van der Waals surface area contributed by atoms with E-state index in [0.29, 0.717) is 31.0 Å². The lowest BCUT2D eigenvalue weighted by atomic mass is 9.92. The van der Waals surface area contributed by atoms with E-state index in [1.54, 1.807) is 6.92 Å². The second kappa shape index (κ2) is 12.3. The highest BCUT2D eigenvalue weighted by Gasteiger charge is 2.21. The van der Waals surface area contributed by atoms with Gasteiger partial charge in [0.15, 0.2) is 11.6 Å². The summed E-state index contributed by atoms with van der Waals surface area (Å²) in [6.07, 6.45) is 3.02. The first kappa shape index (κ1) is 24.9. The molecular weight excluding hydrogens is 343 g/mol. The maximum Gasteiger partial charge on any atom is 0.166 e. The molecule has 0 heterocycles. The van der Waals surface area contributed by atoms with Gasteiger partial charge in [-0.3, -0.25) is 14.4 Å². The van der Waals surface area contributed by atoms with Crippen LogP contribution in [0.1, 0.15) is 87.9 Å². The number of carbonyl (C=O) groups is 3. The van der Waals surface area contributed by atoms with Gasteiger partial charge in [-0.05, 0) is 38.7 Å². The summed E-state index contributed by atoms with van der Waals surface area (Å²) in [4.78, 5) is 34.2. The van der Waals surface area contributed by atoms with E-state index in [2.05, 4.69) is 13.5 Å². The van der Waals surface area contributed by atoms with Crippen molar-refractivity contribution in [3.8, 4) is 0 Å². The Labute approximate surface area is 163 Å². The maximum atomic E-state index is 13.5. The largest absolute Gasteiger partial charge is 0.300 e. The van der Waals surface area contributed by atoms with Crippen LogP contribution in [0, 0.1) is 17.7 Å². The molecule has 0 saturated heterocycles. The Kier molecular flexibility index (Phi) is 11.4. The van der Waals surface area contributed by atoms with Crippen LogP contribution in [0.4, 0.5) is 4.39 Å². The molecule has 150 valence electrons. The maximum absolute atomic E-state index is 13.5. The first-order valence-electron chi connectivity index (χ1n) is 9.57. The van der Waals surface area contributed by atoms with Gasteiger partial charge in [-0.2, -0.15) is 0 Å². The summed E-state index contributed by atoms with van der Waals surface area (Å²) in [5.41, 5.74) is 1.28. The van der Waals surface area contributed by atoms with E-state index in [0.717, 1.165) is 6.42 Å². The molecule has 0 aliphatic carbocycles. The smallest absolute Gasteiger partial charge is 0.166 e. The molecular formula is C23H33FO3. The summed E-state index contributed by atoms with van der Waals surface area (Å²) in [5, 5.41) is 0. The number of halogens is 1. The fourth-order valence-electron chi connectivity index (χ4n) is 2.34. The number of rotatable bonds is 9. The van der Waals surface area contributed by atoms with Gasteiger partial charge in [-0.1, -0.05) is 52.0 Å². The minimum atomic E-state index is -0.623. The van der Waals surface area contributed by atoms with E-state index in [-0.39, 0.29) is 22.8 Å². The molecule has 2 unspecified atom stereocenters. The zero-order valence-corrected chi connectivity index (χ0v) is 17.5. The Morgan fingerprint density at radius 2 is 1.67 bits per heavy atom. The van der Waals surface area contributed by atoms with Gasteiger partial charge in [-0.25, -0.2) is 4.39 Å². The van der Waals surface area contributed by atoms with Crippen LogP contribution < -0.4 is 0 Å². The van der Waals surface area contributed by atoms with Gasteiger partial charge in [0, 0.05) is 24.3 Å². The van der Waals surface area contributed by atoms with Gasteiger partial charge in [0.05, 0.1) is 5.56 Å². The van der Waals surface area contributed by atoms with Crippen LogP contribution >= 0.6 is 0 Å². The summed E-state index contributed by atoms with van der Waals surface area (Å²) in [6, 6.07) is 4.16. The van der Waals surface area contributed by atoms with Crippen molar-refractivity contribution in [2.24, 2.45) is 11.8 Å². The van der Waals surface area contributed by atoms with E-state index in [1.807, 2.05) is 20.8 Å². The van der Waals surface area contributed by atoms with E-state index < -0.39 is 11.6 Å². The zero-order valence-electron chi connectivity index (χ0n) is 17.5. The van der Waals surface area contributed by atoms with Gasteiger partial charge in [-0.15, -0.1) is 0 Å². The van der Waals surface area contributed by atoms with Crippen LogP contribution in [0.2, 0.25) is 0 Å². The number of carbonyl (C=O) groups excluding carboxylic acids is 3. The molecule has 2 atom stereocenters. The Morgan fingerprint density at radius 3 is 2.11 bits per heavy atom. The Hall–Kier alpha value is -2.10.